The molecule has 0 saturated heterocycles. The molecule has 0 heterocycles. The Bertz CT molecular complexity index is 619. The summed E-state index contributed by atoms with van der Waals surface area (Å²) in [4.78, 5) is 12.1. The number of phenolic OH excluding ortho intramolecular Hbond substituents is 1. The van der Waals surface area contributed by atoms with Crippen LogP contribution < -0.4 is 4.74 Å². The predicted octanol–water partition coefficient (Wildman–Crippen LogP) is 3.25. The van der Waals surface area contributed by atoms with Crippen molar-refractivity contribution in [2.45, 2.75) is 26.4 Å². The number of hydrogen-bond acceptors (Lipinski definition) is 4. The standard InChI is InChI=1S/C18H20O4/c1-3-21-18(20)17(12-14-8-10-15(19)11-9-14)22-16-7-5-4-6-13(16)2/h4-11,17,19H,3,12H2,1-2H3. The van der Waals surface area contributed by atoms with E-state index in [1.165, 1.54) is 0 Å². The molecule has 2 aromatic carbocycles. The van der Waals surface area contributed by atoms with E-state index in [1.807, 2.05) is 31.2 Å². The Balaban J connectivity index is 2.17. The van der Waals surface area contributed by atoms with Gasteiger partial charge in [0.2, 0.25) is 0 Å². The van der Waals surface area contributed by atoms with Crippen LogP contribution in [0.25, 0.3) is 0 Å². The summed E-state index contributed by atoms with van der Waals surface area (Å²) in [6.07, 6.45) is -0.335. The molecule has 22 heavy (non-hydrogen) atoms. The number of phenols is 1. The van der Waals surface area contributed by atoms with Gasteiger partial charge in [0.25, 0.3) is 0 Å². The maximum absolute atomic E-state index is 12.1. The Labute approximate surface area is 130 Å². The third-order valence-electron chi connectivity index (χ3n) is 3.27. The molecule has 2 aromatic rings. The van der Waals surface area contributed by atoms with Gasteiger partial charge < -0.3 is 14.6 Å². The van der Waals surface area contributed by atoms with Crippen LogP contribution in [-0.4, -0.2) is 23.8 Å². The molecule has 0 aliphatic carbocycles. The molecule has 0 amide bonds. The van der Waals surface area contributed by atoms with E-state index >= 15 is 0 Å². The summed E-state index contributed by atoms with van der Waals surface area (Å²) in [5.74, 6) is 0.467. The summed E-state index contributed by atoms with van der Waals surface area (Å²) in [7, 11) is 0. The van der Waals surface area contributed by atoms with Crippen LogP contribution in [0, 0.1) is 6.92 Å². The lowest BCUT2D eigenvalue weighted by Gasteiger charge is -2.19. The number of benzene rings is 2. The minimum atomic E-state index is -0.717. The molecule has 0 radical (unpaired) electrons. The summed E-state index contributed by atoms with van der Waals surface area (Å²) < 4.78 is 11.0. The maximum Gasteiger partial charge on any atom is 0.347 e. The molecule has 0 bridgehead atoms. The Morgan fingerprint density at radius 3 is 2.45 bits per heavy atom. The van der Waals surface area contributed by atoms with Gasteiger partial charge in [-0.2, -0.15) is 0 Å². The first kappa shape index (κ1) is 15.9. The van der Waals surface area contributed by atoms with Crippen LogP contribution >= 0.6 is 0 Å². The normalized spacial score (nSPS) is 11.7. The van der Waals surface area contributed by atoms with Crippen molar-refractivity contribution in [3.8, 4) is 11.5 Å². The van der Waals surface area contributed by atoms with E-state index in [-0.39, 0.29) is 11.7 Å². The minimum Gasteiger partial charge on any atom is -0.508 e. The van der Waals surface area contributed by atoms with Crippen molar-refractivity contribution in [2.24, 2.45) is 0 Å². The Hall–Kier alpha value is -2.49. The van der Waals surface area contributed by atoms with Crippen LogP contribution in [0.5, 0.6) is 11.5 Å². The third-order valence-corrected chi connectivity index (χ3v) is 3.27. The van der Waals surface area contributed by atoms with E-state index in [1.54, 1.807) is 31.2 Å². The molecule has 2 rings (SSSR count). The van der Waals surface area contributed by atoms with Gasteiger partial charge in [-0.1, -0.05) is 30.3 Å². The Morgan fingerprint density at radius 2 is 1.82 bits per heavy atom. The molecule has 0 aliphatic heterocycles. The number of para-hydroxylation sites is 1. The fourth-order valence-corrected chi connectivity index (χ4v) is 2.10. The molecule has 0 saturated carbocycles. The number of aryl methyl sites for hydroxylation is 1. The second-order valence-electron chi connectivity index (χ2n) is 4.99. The van der Waals surface area contributed by atoms with Crippen LogP contribution in [0.1, 0.15) is 18.1 Å². The van der Waals surface area contributed by atoms with Gasteiger partial charge in [-0.3, -0.25) is 0 Å². The van der Waals surface area contributed by atoms with Gasteiger partial charge in [0.15, 0.2) is 6.10 Å². The highest BCUT2D eigenvalue weighted by Crippen LogP contribution is 2.20. The monoisotopic (exact) mass is 300 g/mol. The first-order chi connectivity index (χ1) is 10.6. The third kappa shape index (κ3) is 4.25. The van der Waals surface area contributed by atoms with Crippen molar-refractivity contribution in [3.05, 3.63) is 59.7 Å². The summed E-state index contributed by atoms with van der Waals surface area (Å²) >= 11 is 0. The van der Waals surface area contributed by atoms with Gasteiger partial charge in [-0.15, -0.1) is 0 Å². The minimum absolute atomic E-state index is 0.191. The number of hydrogen-bond donors (Lipinski definition) is 1. The molecule has 1 atom stereocenters. The van der Waals surface area contributed by atoms with E-state index in [0.717, 1.165) is 11.1 Å². The molecule has 1 unspecified atom stereocenters. The zero-order chi connectivity index (χ0) is 15.9. The van der Waals surface area contributed by atoms with Crippen molar-refractivity contribution in [1.82, 2.24) is 0 Å². The Morgan fingerprint density at radius 1 is 1.14 bits per heavy atom. The highest BCUT2D eigenvalue weighted by molar-refractivity contribution is 5.75. The molecule has 4 nitrogen and oxygen atoms in total. The van der Waals surface area contributed by atoms with Crippen molar-refractivity contribution in [3.63, 3.8) is 0 Å². The quantitative estimate of drug-likeness (QED) is 0.832. The lowest BCUT2D eigenvalue weighted by molar-refractivity contribution is -0.151. The van der Waals surface area contributed by atoms with Gasteiger partial charge in [0, 0.05) is 6.42 Å². The maximum atomic E-state index is 12.1. The molecular weight excluding hydrogens is 280 g/mol. The summed E-state index contributed by atoms with van der Waals surface area (Å²) in [6.45, 7) is 4.00. The van der Waals surface area contributed by atoms with Gasteiger partial charge in [-0.25, -0.2) is 4.79 Å². The summed E-state index contributed by atoms with van der Waals surface area (Å²) in [5, 5.41) is 9.33. The van der Waals surface area contributed by atoms with Gasteiger partial charge in [0.1, 0.15) is 11.5 Å². The van der Waals surface area contributed by atoms with Crippen LogP contribution in [0.15, 0.2) is 48.5 Å². The molecule has 1 N–H and O–H groups in total. The summed E-state index contributed by atoms with van der Waals surface area (Å²) in [6, 6.07) is 14.3. The molecular formula is C18H20O4. The van der Waals surface area contributed by atoms with E-state index in [0.29, 0.717) is 18.8 Å². The van der Waals surface area contributed by atoms with Gasteiger partial charge >= 0.3 is 5.97 Å². The average Bonchev–Trinajstić information content (AvgIpc) is 2.51. The van der Waals surface area contributed by atoms with Crippen molar-refractivity contribution < 1.29 is 19.4 Å². The van der Waals surface area contributed by atoms with Crippen LogP contribution in [-0.2, 0) is 16.0 Å². The molecule has 0 aromatic heterocycles. The molecule has 0 spiro atoms. The first-order valence-corrected chi connectivity index (χ1v) is 7.27. The van der Waals surface area contributed by atoms with E-state index in [4.69, 9.17) is 9.47 Å². The lowest BCUT2D eigenvalue weighted by atomic mass is 10.1. The lowest BCUT2D eigenvalue weighted by Crippen LogP contribution is -2.31. The van der Waals surface area contributed by atoms with Crippen LogP contribution in [0.4, 0.5) is 0 Å². The number of ether oxygens (including phenoxy) is 2. The largest absolute Gasteiger partial charge is 0.508 e. The van der Waals surface area contributed by atoms with Crippen LogP contribution in [0.2, 0.25) is 0 Å². The number of carbonyl (C=O) groups is 1. The van der Waals surface area contributed by atoms with Crippen LogP contribution in [0.3, 0.4) is 0 Å². The fraction of sp³-hybridized carbons (Fsp3) is 0.278. The summed E-state index contributed by atoms with van der Waals surface area (Å²) in [5.41, 5.74) is 1.85. The predicted molar refractivity (Wildman–Crippen MR) is 84.0 cm³/mol. The second kappa shape index (κ2) is 7.50. The zero-order valence-corrected chi connectivity index (χ0v) is 12.8. The van der Waals surface area contributed by atoms with Crippen molar-refractivity contribution in [2.75, 3.05) is 6.61 Å². The molecule has 116 valence electrons. The van der Waals surface area contributed by atoms with Gasteiger partial charge in [0.05, 0.1) is 6.61 Å². The molecule has 4 heteroatoms. The van der Waals surface area contributed by atoms with Crippen molar-refractivity contribution >= 4 is 5.97 Å². The number of carbonyl (C=O) groups excluding carboxylic acids is 1. The average molecular weight is 300 g/mol. The molecule has 0 aliphatic rings. The number of rotatable bonds is 6. The highest BCUT2D eigenvalue weighted by Gasteiger charge is 2.23. The van der Waals surface area contributed by atoms with Crippen molar-refractivity contribution in [1.29, 1.82) is 0 Å². The smallest absolute Gasteiger partial charge is 0.347 e. The number of aromatic hydroxyl groups is 1. The fourth-order valence-electron chi connectivity index (χ4n) is 2.10. The zero-order valence-electron chi connectivity index (χ0n) is 12.8. The first-order valence-electron chi connectivity index (χ1n) is 7.27. The second-order valence-corrected chi connectivity index (χ2v) is 4.99. The van der Waals surface area contributed by atoms with E-state index < -0.39 is 6.10 Å². The molecule has 0 fully saturated rings. The van der Waals surface area contributed by atoms with Gasteiger partial charge in [-0.05, 0) is 43.2 Å². The number of esters is 1. The Kier molecular flexibility index (Phi) is 5.42. The van der Waals surface area contributed by atoms with E-state index in [9.17, 15) is 9.90 Å². The van der Waals surface area contributed by atoms with E-state index in [2.05, 4.69) is 0 Å². The SMILES string of the molecule is CCOC(=O)C(Cc1ccc(O)cc1)Oc1ccccc1C. The highest BCUT2D eigenvalue weighted by atomic mass is 16.6. The topological polar surface area (TPSA) is 55.8 Å².